The van der Waals surface area contributed by atoms with Crippen LogP contribution in [0.2, 0.25) is 0 Å². The molecule has 0 aliphatic rings. The van der Waals surface area contributed by atoms with Gasteiger partial charge in [0.05, 0.1) is 9.83 Å². The molecule has 15 heavy (non-hydrogen) atoms. The molecule has 0 radical (unpaired) electrons. The highest BCUT2D eigenvalue weighted by Gasteiger charge is 2.14. The quantitative estimate of drug-likeness (QED) is 0.882. The first kappa shape index (κ1) is 11.3. The highest BCUT2D eigenvalue weighted by Crippen LogP contribution is 2.35. The summed E-state index contributed by atoms with van der Waals surface area (Å²) in [6.07, 6.45) is 0. The van der Waals surface area contributed by atoms with Crippen LogP contribution in [0.3, 0.4) is 0 Å². The van der Waals surface area contributed by atoms with Gasteiger partial charge in [0.1, 0.15) is 0 Å². The summed E-state index contributed by atoms with van der Waals surface area (Å²) in [5, 5.41) is 0. The van der Waals surface area contributed by atoms with Crippen molar-refractivity contribution in [1.82, 2.24) is 0 Å². The topological polar surface area (TPSA) is 26.0 Å². The van der Waals surface area contributed by atoms with Crippen molar-refractivity contribution in [3.63, 3.8) is 0 Å². The highest BCUT2D eigenvalue weighted by atomic mass is 79.9. The van der Waals surface area contributed by atoms with Gasteiger partial charge in [-0.1, -0.05) is 0 Å². The average Bonchev–Trinajstić information content (AvgIpc) is 2.74. The SMILES string of the molecule is Cc1ccc(C(N)c2cc(C)c(Br)s2)s1. The molecule has 2 aromatic heterocycles. The minimum Gasteiger partial charge on any atom is -0.319 e. The molecule has 0 spiro atoms. The van der Waals surface area contributed by atoms with Gasteiger partial charge < -0.3 is 5.73 Å². The van der Waals surface area contributed by atoms with E-state index < -0.39 is 0 Å². The number of thiophene rings is 2. The van der Waals surface area contributed by atoms with Crippen LogP contribution in [0.5, 0.6) is 0 Å². The summed E-state index contributed by atoms with van der Waals surface area (Å²) in [6.45, 7) is 4.20. The Kier molecular flexibility index (Phi) is 3.30. The number of rotatable bonds is 2. The van der Waals surface area contributed by atoms with Crippen LogP contribution >= 0.6 is 38.6 Å². The van der Waals surface area contributed by atoms with Crippen molar-refractivity contribution in [1.29, 1.82) is 0 Å². The van der Waals surface area contributed by atoms with Gasteiger partial charge in [0, 0.05) is 14.6 Å². The van der Waals surface area contributed by atoms with Crippen molar-refractivity contribution in [2.75, 3.05) is 0 Å². The largest absolute Gasteiger partial charge is 0.319 e. The van der Waals surface area contributed by atoms with E-state index in [9.17, 15) is 0 Å². The first-order valence-electron chi connectivity index (χ1n) is 4.65. The molecule has 1 nitrogen and oxygen atoms in total. The van der Waals surface area contributed by atoms with E-state index in [2.05, 4.69) is 48.0 Å². The number of hydrogen-bond acceptors (Lipinski definition) is 3. The molecule has 0 amide bonds. The predicted molar refractivity (Wildman–Crippen MR) is 71.8 cm³/mol. The van der Waals surface area contributed by atoms with E-state index in [0.29, 0.717) is 0 Å². The first-order chi connectivity index (χ1) is 7.08. The molecule has 0 aliphatic carbocycles. The normalized spacial score (nSPS) is 13.1. The van der Waals surface area contributed by atoms with Gasteiger partial charge >= 0.3 is 0 Å². The zero-order valence-electron chi connectivity index (χ0n) is 8.58. The van der Waals surface area contributed by atoms with Crippen molar-refractivity contribution >= 4 is 38.6 Å². The monoisotopic (exact) mass is 301 g/mol. The van der Waals surface area contributed by atoms with Gasteiger partial charge in [-0.3, -0.25) is 0 Å². The second-order valence-electron chi connectivity index (χ2n) is 3.53. The van der Waals surface area contributed by atoms with Crippen LogP contribution in [0, 0.1) is 13.8 Å². The standard InChI is InChI=1S/C11H12BrNS2/c1-6-5-9(15-11(6)12)10(13)8-4-3-7(2)14-8/h3-5,10H,13H2,1-2H3. The van der Waals surface area contributed by atoms with E-state index in [4.69, 9.17) is 5.73 Å². The molecule has 2 N–H and O–H groups in total. The third-order valence-corrected chi connectivity index (χ3v) is 5.55. The maximum Gasteiger partial charge on any atom is 0.0740 e. The maximum absolute atomic E-state index is 6.21. The molecule has 2 rings (SSSR count). The zero-order chi connectivity index (χ0) is 11.0. The van der Waals surface area contributed by atoms with Gasteiger partial charge in [0.2, 0.25) is 0 Å². The summed E-state index contributed by atoms with van der Waals surface area (Å²) >= 11 is 7.03. The maximum atomic E-state index is 6.21. The van der Waals surface area contributed by atoms with Crippen LogP contribution < -0.4 is 5.73 Å². The van der Waals surface area contributed by atoms with Crippen LogP contribution in [0.1, 0.15) is 26.2 Å². The summed E-state index contributed by atoms with van der Waals surface area (Å²) in [4.78, 5) is 3.77. The fraction of sp³-hybridized carbons (Fsp3) is 0.273. The summed E-state index contributed by atoms with van der Waals surface area (Å²) in [6, 6.07) is 6.43. The van der Waals surface area contributed by atoms with Crippen molar-refractivity contribution in [3.05, 3.63) is 42.2 Å². The summed E-state index contributed by atoms with van der Waals surface area (Å²) in [7, 11) is 0. The molecule has 0 saturated heterocycles. The molecule has 0 aliphatic heterocycles. The third kappa shape index (κ3) is 2.33. The molecule has 0 saturated carbocycles. The van der Waals surface area contributed by atoms with Gasteiger partial charge in [-0.25, -0.2) is 0 Å². The van der Waals surface area contributed by atoms with Gasteiger partial charge in [-0.2, -0.15) is 0 Å². The summed E-state index contributed by atoms with van der Waals surface area (Å²) in [5.41, 5.74) is 7.47. The van der Waals surface area contributed by atoms with E-state index in [1.807, 2.05) is 0 Å². The molecule has 0 aromatic carbocycles. The van der Waals surface area contributed by atoms with E-state index in [0.717, 1.165) is 0 Å². The van der Waals surface area contributed by atoms with Crippen molar-refractivity contribution in [3.8, 4) is 0 Å². The second kappa shape index (κ2) is 4.37. The Morgan fingerprint density at radius 1 is 1.20 bits per heavy atom. The number of halogens is 1. The number of aryl methyl sites for hydroxylation is 2. The molecule has 1 atom stereocenters. The fourth-order valence-corrected chi connectivity index (χ4v) is 3.96. The van der Waals surface area contributed by atoms with Gasteiger partial charge in [-0.15, -0.1) is 22.7 Å². The average molecular weight is 302 g/mol. The third-order valence-electron chi connectivity index (χ3n) is 2.25. The molecule has 2 aromatic rings. The van der Waals surface area contributed by atoms with Crippen LogP contribution in [0.15, 0.2) is 22.0 Å². The lowest BCUT2D eigenvalue weighted by atomic mass is 10.2. The molecular formula is C11H12BrNS2. The Labute approximate surface area is 106 Å². The van der Waals surface area contributed by atoms with Crippen LogP contribution in [-0.4, -0.2) is 0 Å². The van der Waals surface area contributed by atoms with Crippen LogP contribution in [-0.2, 0) is 0 Å². The lowest BCUT2D eigenvalue weighted by molar-refractivity contribution is 0.916. The first-order valence-corrected chi connectivity index (χ1v) is 7.08. The van der Waals surface area contributed by atoms with E-state index >= 15 is 0 Å². The predicted octanol–water partition coefficient (Wildman–Crippen LogP) is 4.24. The van der Waals surface area contributed by atoms with E-state index in [1.54, 1.807) is 22.7 Å². The Bertz CT molecular complexity index is 453. The minimum atomic E-state index is 0.0266. The Morgan fingerprint density at radius 3 is 2.40 bits per heavy atom. The molecule has 1 unspecified atom stereocenters. The molecule has 0 bridgehead atoms. The van der Waals surface area contributed by atoms with Crippen molar-refractivity contribution in [2.24, 2.45) is 5.73 Å². The van der Waals surface area contributed by atoms with E-state index in [-0.39, 0.29) is 6.04 Å². The molecule has 4 heteroatoms. The minimum absolute atomic E-state index is 0.0266. The van der Waals surface area contributed by atoms with Crippen LogP contribution in [0.4, 0.5) is 0 Å². The van der Waals surface area contributed by atoms with Crippen LogP contribution in [0.25, 0.3) is 0 Å². The molecule has 0 fully saturated rings. The Morgan fingerprint density at radius 2 is 1.93 bits per heavy atom. The Balaban J connectivity index is 2.31. The summed E-state index contributed by atoms with van der Waals surface area (Å²) in [5.74, 6) is 0. The molecule has 80 valence electrons. The Hall–Kier alpha value is -0.160. The van der Waals surface area contributed by atoms with Crippen molar-refractivity contribution in [2.45, 2.75) is 19.9 Å². The zero-order valence-corrected chi connectivity index (χ0v) is 11.8. The second-order valence-corrected chi connectivity index (χ2v) is 7.25. The fourth-order valence-electron chi connectivity index (χ4n) is 1.40. The van der Waals surface area contributed by atoms with Gasteiger partial charge in [-0.05, 0) is 53.5 Å². The van der Waals surface area contributed by atoms with Gasteiger partial charge in [0.15, 0.2) is 0 Å². The lowest BCUT2D eigenvalue weighted by Crippen LogP contribution is -2.07. The lowest BCUT2D eigenvalue weighted by Gasteiger charge is -2.05. The number of nitrogens with two attached hydrogens (primary N) is 1. The number of hydrogen-bond donors (Lipinski definition) is 1. The molecule has 2 heterocycles. The van der Waals surface area contributed by atoms with Gasteiger partial charge in [0.25, 0.3) is 0 Å². The smallest absolute Gasteiger partial charge is 0.0740 e. The van der Waals surface area contributed by atoms with Crippen molar-refractivity contribution < 1.29 is 0 Å². The van der Waals surface area contributed by atoms with E-state index in [1.165, 1.54) is 24.0 Å². The summed E-state index contributed by atoms with van der Waals surface area (Å²) < 4.78 is 1.18. The highest BCUT2D eigenvalue weighted by molar-refractivity contribution is 9.11. The molecular weight excluding hydrogens is 290 g/mol.